The maximum absolute atomic E-state index is 11.0. The van der Waals surface area contributed by atoms with Crippen LogP contribution in [0.25, 0.3) is 0 Å². The van der Waals surface area contributed by atoms with Gasteiger partial charge in [0.25, 0.3) is 0 Å². The molecule has 0 fully saturated rings. The van der Waals surface area contributed by atoms with Gasteiger partial charge >= 0.3 is 6.09 Å². The predicted molar refractivity (Wildman–Crippen MR) is 55.4 cm³/mol. The molecule has 0 radical (unpaired) electrons. The van der Waals surface area contributed by atoms with Crippen molar-refractivity contribution in [3.05, 3.63) is 35.9 Å². The topological polar surface area (TPSA) is 38.7 Å². The van der Waals surface area contributed by atoms with Gasteiger partial charge in [-0.15, -0.1) is 0 Å². The van der Waals surface area contributed by atoms with E-state index in [9.17, 15) is 4.79 Å². The molecule has 0 N–H and O–H groups in total. The van der Waals surface area contributed by atoms with Crippen molar-refractivity contribution in [2.75, 3.05) is 0 Å². The van der Waals surface area contributed by atoms with Crippen LogP contribution in [0.5, 0.6) is 0 Å². The van der Waals surface area contributed by atoms with Crippen molar-refractivity contribution in [2.24, 2.45) is 4.99 Å². The van der Waals surface area contributed by atoms with Crippen LogP contribution in [-0.2, 0) is 11.3 Å². The van der Waals surface area contributed by atoms with Gasteiger partial charge in [0.2, 0.25) is 0 Å². The van der Waals surface area contributed by atoms with Gasteiger partial charge in [0.15, 0.2) is 0 Å². The van der Waals surface area contributed by atoms with Gasteiger partial charge in [0.1, 0.15) is 6.61 Å². The molecule has 3 nitrogen and oxygen atoms in total. The second kappa shape index (κ2) is 5.91. The van der Waals surface area contributed by atoms with Crippen molar-refractivity contribution in [3.63, 3.8) is 0 Å². The highest BCUT2D eigenvalue weighted by Gasteiger charge is 1.97. The molecule has 1 aromatic carbocycles. The molecular weight excluding hydrogens is 178 g/mol. The number of carbonyl (C=O) groups is 1. The van der Waals surface area contributed by atoms with E-state index in [4.69, 9.17) is 4.74 Å². The van der Waals surface area contributed by atoms with Gasteiger partial charge < -0.3 is 4.74 Å². The summed E-state index contributed by atoms with van der Waals surface area (Å²) in [6, 6.07) is 9.52. The summed E-state index contributed by atoms with van der Waals surface area (Å²) >= 11 is 0. The number of carbonyl (C=O) groups excluding carboxylic acids is 1. The lowest BCUT2D eigenvalue weighted by molar-refractivity contribution is 0.151. The van der Waals surface area contributed by atoms with Crippen LogP contribution in [0.2, 0.25) is 0 Å². The molecule has 0 saturated carbocycles. The van der Waals surface area contributed by atoms with E-state index in [0.29, 0.717) is 0 Å². The van der Waals surface area contributed by atoms with E-state index in [0.717, 1.165) is 12.0 Å². The Balaban J connectivity index is 2.34. The standard InChI is InChI=1S/C11H13NO2/c1-2-8-12-11(13)14-9-10-6-4-3-5-7-10/h3-8H,2,9H2,1H3. The molecule has 1 rings (SSSR count). The van der Waals surface area contributed by atoms with Gasteiger partial charge in [-0.25, -0.2) is 4.79 Å². The molecule has 14 heavy (non-hydrogen) atoms. The molecule has 1 amide bonds. The Morgan fingerprint density at radius 1 is 1.43 bits per heavy atom. The number of hydrogen-bond acceptors (Lipinski definition) is 2. The molecule has 74 valence electrons. The lowest BCUT2D eigenvalue weighted by Gasteiger charge is -2.00. The van der Waals surface area contributed by atoms with E-state index in [1.54, 1.807) is 0 Å². The summed E-state index contributed by atoms with van der Waals surface area (Å²) < 4.78 is 4.89. The van der Waals surface area contributed by atoms with Crippen LogP contribution in [0.1, 0.15) is 18.9 Å². The van der Waals surface area contributed by atoms with E-state index < -0.39 is 6.09 Å². The third-order valence-corrected chi connectivity index (χ3v) is 1.58. The highest BCUT2D eigenvalue weighted by molar-refractivity contribution is 5.78. The Bertz CT molecular complexity index is 306. The Morgan fingerprint density at radius 3 is 2.79 bits per heavy atom. The van der Waals surface area contributed by atoms with Crippen molar-refractivity contribution in [2.45, 2.75) is 20.0 Å². The molecule has 0 aromatic heterocycles. The fraction of sp³-hybridized carbons (Fsp3) is 0.273. The maximum atomic E-state index is 11.0. The van der Waals surface area contributed by atoms with Gasteiger partial charge in [-0.1, -0.05) is 37.3 Å². The Labute approximate surface area is 83.4 Å². The first kappa shape index (κ1) is 10.4. The maximum Gasteiger partial charge on any atom is 0.433 e. The van der Waals surface area contributed by atoms with Crippen molar-refractivity contribution in [1.82, 2.24) is 0 Å². The third kappa shape index (κ3) is 3.85. The summed E-state index contributed by atoms with van der Waals surface area (Å²) in [5.74, 6) is 0. The van der Waals surface area contributed by atoms with Crippen molar-refractivity contribution in [3.8, 4) is 0 Å². The minimum absolute atomic E-state index is 0.278. The normalized spacial score (nSPS) is 10.4. The lowest BCUT2D eigenvalue weighted by atomic mass is 10.2. The molecule has 0 saturated heterocycles. The van der Waals surface area contributed by atoms with E-state index in [-0.39, 0.29) is 6.61 Å². The van der Waals surface area contributed by atoms with Crippen molar-refractivity contribution < 1.29 is 9.53 Å². The van der Waals surface area contributed by atoms with Gasteiger partial charge in [-0.05, 0) is 12.0 Å². The first-order valence-electron chi connectivity index (χ1n) is 4.56. The van der Waals surface area contributed by atoms with Crippen molar-refractivity contribution >= 4 is 12.3 Å². The second-order valence-corrected chi connectivity index (χ2v) is 2.76. The van der Waals surface area contributed by atoms with Crippen molar-refractivity contribution in [1.29, 1.82) is 0 Å². The van der Waals surface area contributed by atoms with E-state index in [1.165, 1.54) is 6.21 Å². The van der Waals surface area contributed by atoms with Crippen LogP contribution in [0.4, 0.5) is 4.79 Å². The molecule has 0 aliphatic rings. The number of benzene rings is 1. The number of hydrogen-bond donors (Lipinski definition) is 0. The van der Waals surface area contributed by atoms with Crippen LogP contribution in [-0.4, -0.2) is 12.3 Å². The van der Waals surface area contributed by atoms with Gasteiger partial charge in [0.05, 0.1) is 0 Å². The monoisotopic (exact) mass is 191 g/mol. The highest BCUT2D eigenvalue weighted by atomic mass is 16.5. The first-order valence-corrected chi connectivity index (χ1v) is 4.56. The summed E-state index contributed by atoms with van der Waals surface area (Å²) in [6.07, 6.45) is 1.74. The second-order valence-electron chi connectivity index (χ2n) is 2.76. The van der Waals surface area contributed by atoms with Gasteiger partial charge in [0, 0.05) is 6.21 Å². The van der Waals surface area contributed by atoms with E-state index in [1.807, 2.05) is 37.3 Å². The largest absolute Gasteiger partial charge is 0.443 e. The number of nitrogens with zero attached hydrogens (tertiary/aromatic N) is 1. The Morgan fingerprint density at radius 2 is 2.14 bits per heavy atom. The Hall–Kier alpha value is -1.64. The molecule has 0 unspecified atom stereocenters. The number of rotatable bonds is 3. The zero-order valence-electron chi connectivity index (χ0n) is 8.14. The summed E-state index contributed by atoms with van der Waals surface area (Å²) in [5.41, 5.74) is 0.965. The zero-order valence-corrected chi connectivity index (χ0v) is 8.14. The van der Waals surface area contributed by atoms with Crippen LogP contribution in [0, 0.1) is 0 Å². The fourth-order valence-corrected chi connectivity index (χ4v) is 0.922. The van der Waals surface area contributed by atoms with Gasteiger partial charge in [-0.3, -0.25) is 0 Å². The molecule has 0 spiro atoms. The number of ether oxygens (including phenoxy) is 1. The first-order chi connectivity index (χ1) is 6.83. The zero-order chi connectivity index (χ0) is 10.2. The number of amides is 1. The molecule has 0 aliphatic heterocycles. The smallest absolute Gasteiger partial charge is 0.433 e. The minimum Gasteiger partial charge on any atom is -0.443 e. The highest BCUT2D eigenvalue weighted by Crippen LogP contribution is 2.01. The molecular formula is C11H13NO2. The third-order valence-electron chi connectivity index (χ3n) is 1.58. The molecule has 0 bridgehead atoms. The average molecular weight is 191 g/mol. The summed E-state index contributed by atoms with van der Waals surface area (Å²) in [6.45, 7) is 2.19. The van der Waals surface area contributed by atoms with Crippen LogP contribution in [0.15, 0.2) is 35.3 Å². The van der Waals surface area contributed by atoms with E-state index in [2.05, 4.69) is 4.99 Å². The summed E-state index contributed by atoms with van der Waals surface area (Å²) in [7, 11) is 0. The predicted octanol–water partition coefficient (Wildman–Crippen LogP) is 2.80. The minimum atomic E-state index is -0.532. The summed E-state index contributed by atoms with van der Waals surface area (Å²) in [5, 5.41) is 0. The SMILES string of the molecule is CCC=NC(=O)OCc1ccccc1. The van der Waals surface area contributed by atoms with Crippen LogP contribution in [0.3, 0.4) is 0 Å². The molecule has 3 heteroatoms. The van der Waals surface area contributed by atoms with E-state index >= 15 is 0 Å². The quantitative estimate of drug-likeness (QED) is 0.689. The Kier molecular flexibility index (Phi) is 4.41. The molecule has 0 heterocycles. The molecule has 0 atom stereocenters. The summed E-state index contributed by atoms with van der Waals surface area (Å²) in [4.78, 5) is 14.5. The van der Waals surface area contributed by atoms with Crippen LogP contribution < -0.4 is 0 Å². The van der Waals surface area contributed by atoms with Crippen LogP contribution >= 0.6 is 0 Å². The molecule has 0 aliphatic carbocycles. The lowest BCUT2D eigenvalue weighted by Crippen LogP contribution is -1.99. The molecule has 1 aromatic rings. The fourth-order valence-electron chi connectivity index (χ4n) is 0.922. The number of aliphatic imine (C=N–C) groups is 1. The van der Waals surface area contributed by atoms with Gasteiger partial charge in [-0.2, -0.15) is 4.99 Å². The average Bonchev–Trinajstić information content (AvgIpc) is 2.25.